The molecule has 0 bridgehead atoms. The van der Waals surface area contributed by atoms with Crippen LogP contribution in [-0.2, 0) is 5.41 Å². The molecule has 100 valence electrons. The Morgan fingerprint density at radius 3 is 2.56 bits per heavy atom. The number of hydrogen-bond acceptors (Lipinski definition) is 2. The summed E-state index contributed by atoms with van der Waals surface area (Å²) in [7, 11) is 1.49. The first kappa shape index (κ1) is 13.3. The van der Waals surface area contributed by atoms with Gasteiger partial charge in [0.1, 0.15) is 0 Å². The van der Waals surface area contributed by atoms with Gasteiger partial charge in [0.05, 0.1) is 7.11 Å². The fraction of sp³-hybridized carbons (Fsp3) is 0.600. The van der Waals surface area contributed by atoms with E-state index in [0.29, 0.717) is 12.3 Å². The molecule has 0 aliphatic heterocycles. The van der Waals surface area contributed by atoms with Gasteiger partial charge < -0.3 is 10.5 Å². The zero-order valence-corrected chi connectivity index (χ0v) is 11.0. The lowest BCUT2D eigenvalue weighted by Crippen LogP contribution is -2.31. The van der Waals surface area contributed by atoms with E-state index in [1.807, 2.05) is 6.07 Å². The highest BCUT2D eigenvalue weighted by molar-refractivity contribution is 5.34. The number of hydrogen-bond donors (Lipinski definition) is 1. The third-order valence-corrected chi connectivity index (χ3v) is 4.20. The van der Waals surface area contributed by atoms with Gasteiger partial charge in [0.2, 0.25) is 0 Å². The van der Waals surface area contributed by atoms with Crippen LogP contribution in [0.1, 0.15) is 44.1 Å². The van der Waals surface area contributed by atoms with E-state index in [2.05, 4.69) is 0 Å². The highest BCUT2D eigenvalue weighted by atomic mass is 19.1. The van der Waals surface area contributed by atoms with Gasteiger partial charge in [0.25, 0.3) is 0 Å². The summed E-state index contributed by atoms with van der Waals surface area (Å²) in [6, 6.07) is 5.38. The molecule has 1 aromatic rings. The van der Waals surface area contributed by atoms with E-state index in [9.17, 15) is 4.39 Å². The molecule has 0 spiro atoms. The third kappa shape index (κ3) is 2.51. The molecule has 2 nitrogen and oxygen atoms in total. The Hall–Kier alpha value is -1.09. The first-order valence-corrected chi connectivity index (χ1v) is 6.76. The maximum Gasteiger partial charge on any atom is 0.165 e. The number of benzene rings is 1. The van der Waals surface area contributed by atoms with E-state index in [1.54, 1.807) is 12.1 Å². The van der Waals surface area contributed by atoms with Crippen molar-refractivity contribution in [2.45, 2.75) is 43.9 Å². The Morgan fingerprint density at radius 2 is 2.00 bits per heavy atom. The van der Waals surface area contributed by atoms with Crippen molar-refractivity contribution in [1.82, 2.24) is 0 Å². The van der Waals surface area contributed by atoms with Gasteiger partial charge in [-0.05, 0) is 48.9 Å². The average molecular weight is 251 g/mol. The van der Waals surface area contributed by atoms with Crippen molar-refractivity contribution in [2.75, 3.05) is 13.7 Å². The summed E-state index contributed by atoms with van der Waals surface area (Å²) in [6.45, 7) is 0.660. The number of nitrogens with two attached hydrogens (primary N) is 1. The Bertz CT molecular complexity index is 394. The van der Waals surface area contributed by atoms with Gasteiger partial charge in [-0.2, -0.15) is 0 Å². The first-order chi connectivity index (χ1) is 8.72. The molecule has 0 amide bonds. The Morgan fingerprint density at radius 1 is 1.28 bits per heavy atom. The van der Waals surface area contributed by atoms with E-state index in [4.69, 9.17) is 10.5 Å². The molecular formula is C15H22FNO. The number of halogens is 1. The van der Waals surface area contributed by atoms with Crippen LogP contribution in [0.4, 0.5) is 4.39 Å². The normalized spacial score (nSPS) is 18.6. The Labute approximate surface area is 108 Å². The maximum atomic E-state index is 13.9. The second kappa shape index (κ2) is 5.70. The minimum absolute atomic E-state index is 0.0834. The van der Waals surface area contributed by atoms with Gasteiger partial charge in [-0.15, -0.1) is 0 Å². The standard InChI is InChI=1S/C15H22FNO/c1-18-14-6-5-12(11-13(14)16)15(9-10-17)7-3-2-4-8-15/h5-6,11H,2-4,7-10,17H2,1H3. The van der Waals surface area contributed by atoms with Crippen LogP contribution in [0.3, 0.4) is 0 Å². The third-order valence-electron chi connectivity index (χ3n) is 4.20. The Balaban J connectivity index is 2.33. The molecule has 2 N–H and O–H groups in total. The van der Waals surface area contributed by atoms with Crippen LogP contribution in [0, 0.1) is 5.82 Å². The lowest BCUT2D eigenvalue weighted by atomic mass is 9.67. The van der Waals surface area contributed by atoms with Gasteiger partial charge in [-0.1, -0.05) is 25.3 Å². The van der Waals surface area contributed by atoms with Gasteiger partial charge in [0.15, 0.2) is 11.6 Å². The highest BCUT2D eigenvalue weighted by Gasteiger charge is 2.33. The van der Waals surface area contributed by atoms with E-state index in [1.165, 1.54) is 26.4 Å². The molecule has 0 aromatic heterocycles. The van der Waals surface area contributed by atoms with Crippen molar-refractivity contribution >= 4 is 0 Å². The van der Waals surface area contributed by atoms with Crippen molar-refractivity contribution in [2.24, 2.45) is 5.73 Å². The van der Waals surface area contributed by atoms with Crippen molar-refractivity contribution in [3.8, 4) is 5.75 Å². The lowest BCUT2D eigenvalue weighted by molar-refractivity contribution is 0.276. The molecule has 0 saturated heterocycles. The maximum absolute atomic E-state index is 13.9. The molecule has 1 aliphatic rings. The quantitative estimate of drug-likeness (QED) is 0.890. The van der Waals surface area contributed by atoms with Gasteiger partial charge in [-0.25, -0.2) is 4.39 Å². The number of ether oxygens (including phenoxy) is 1. The van der Waals surface area contributed by atoms with Crippen LogP contribution in [-0.4, -0.2) is 13.7 Å². The highest BCUT2D eigenvalue weighted by Crippen LogP contribution is 2.42. The fourth-order valence-corrected chi connectivity index (χ4v) is 3.18. The minimum atomic E-state index is -0.267. The predicted octanol–water partition coefficient (Wildman–Crippen LogP) is 3.39. The zero-order chi connectivity index (χ0) is 13.0. The van der Waals surface area contributed by atoms with E-state index in [-0.39, 0.29) is 11.2 Å². The summed E-state index contributed by atoms with van der Waals surface area (Å²) in [6.07, 6.45) is 6.90. The minimum Gasteiger partial charge on any atom is -0.494 e. The predicted molar refractivity (Wildman–Crippen MR) is 71.4 cm³/mol. The molecular weight excluding hydrogens is 229 g/mol. The van der Waals surface area contributed by atoms with Crippen LogP contribution in [0.15, 0.2) is 18.2 Å². The molecule has 0 unspecified atom stereocenters. The van der Waals surface area contributed by atoms with E-state index >= 15 is 0 Å². The van der Waals surface area contributed by atoms with Crippen LogP contribution in [0.25, 0.3) is 0 Å². The second-order valence-corrected chi connectivity index (χ2v) is 5.23. The average Bonchev–Trinajstić information content (AvgIpc) is 2.40. The molecule has 1 aliphatic carbocycles. The summed E-state index contributed by atoms with van der Waals surface area (Å²) < 4.78 is 18.8. The van der Waals surface area contributed by atoms with Crippen molar-refractivity contribution in [1.29, 1.82) is 0 Å². The number of rotatable bonds is 4. The van der Waals surface area contributed by atoms with Gasteiger partial charge in [-0.3, -0.25) is 0 Å². The van der Waals surface area contributed by atoms with Crippen molar-refractivity contribution in [3.05, 3.63) is 29.6 Å². The summed E-state index contributed by atoms with van der Waals surface area (Å²) in [5.74, 6) is 0.0504. The van der Waals surface area contributed by atoms with Crippen LogP contribution in [0.2, 0.25) is 0 Å². The van der Waals surface area contributed by atoms with Gasteiger partial charge in [0, 0.05) is 0 Å². The van der Waals surface area contributed by atoms with E-state index < -0.39 is 0 Å². The van der Waals surface area contributed by atoms with Crippen LogP contribution in [0.5, 0.6) is 5.75 Å². The largest absolute Gasteiger partial charge is 0.494 e. The molecule has 0 atom stereocenters. The molecule has 2 rings (SSSR count). The Kier molecular flexibility index (Phi) is 4.23. The molecule has 0 heterocycles. The summed E-state index contributed by atoms with van der Waals surface area (Å²) in [5.41, 5.74) is 6.93. The topological polar surface area (TPSA) is 35.2 Å². The monoisotopic (exact) mass is 251 g/mol. The van der Waals surface area contributed by atoms with Crippen molar-refractivity contribution in [3.63, 3.8) is 0 Å². The summed E-state index contributed by atoms with van der Waals surface area (Å²) >= 11 is 0. The van der Waals surface area contributed by atoms with Gasteiger partial charge >= 0.3 is 0 Å². The van der Waals surface area contributed by atoms with Crippen molar-refractivity contribution < 1.29 is 9.13 Å². The molecule has 1 aromatic carbocycles. The smallest absolute Gasteiger partial charge is 0.165 e. The molecule has 0 radical (unpaired) electrons. The molecule has 1 fully saturated rings. The molecule has 3 heteroatoms. The van der Waals surface area contributed by atoms with Crippen LogP contribution < -0.4 is 10.5 Å². The molecule has 1 saturated carbocycles. The molecule has 18 heavy (non-hydrogen) atoms. The summed E-state index contributed by atoms with van der Waals surface area (Å²) in [4.78, 5) is 0. The number of methoxy groups -OCH3 is 1. The zero-order valence-electron chi connectivity index (χ0n) is 11.0. The first-order valence-electron chi connectivity index (χ1n) is 6.76. The fourth-order valence-electron chi connectivity index (χ4n) is 3.18. The lowest BCUT2D eigenvalue weighted by Gasteiger charge is -2.38. The van der Waals surface area contributed by atoms with E-state index in [0.717, 1.165) is 24.8 Å². The van der Waals surface area contributed by atoms with Crippen LogP contribution >= 0.6 is 0 Å². The summed E-state index contributed by atoms with van der Waals surface area (Å²) in [5, 5.41) is 0. The second-order valence-electron chi connectivity index (χ2n) is 5.23. The SMILES string of the molecule is COc1ccc(C2(CCN)CCCCC2)cc1F.